The van der Waals surface area contributed by atoms with Gasteiger partial charge >= 0.3 is 0 Å². The minimum Gasteiger partial charge on any atom is -0.347 e. The lowest BCUT2D eigenvalue weighted by Gasteiger charge is -2.12. The van der Waals surface area contributed by atoms with E-state index < -0.39 is 0 Å². The summed E-state index contributed by atoms with van der Waals surface area (Å²) >= 11 is 0. The number of anilines is 2. The lowest BCUT2D eigenvalue weighted by atomic mass is 10.1. The summed E-state index contributed by atoms with van der Waals surface area (Å²) in [5.41, 5.74) is 0.674. The Morgan fingerprint density at radius 1 is 1.29 bits per heavy atom. The van der Waals surface area contributed by atoms with E-state index >= 15 is 0 Å². The van der Waals surface area contributed by atoms with Crippen LogP contribution in [0.2, 0.25) is 0 Å². The van der Waals surface area contributed by atoms with Crippen LogP contribution in [-0.2, 0) is 4.79 Å². The van der Waals surface area contributed by atoms with Gasteiger partial charge in [-0.3, -0.25) is 4.79 Å². The highest BCUT2D eigenvalue weighted by Gasteiger charge is 2.22. The van der Waals surface area contributed by atoms with Crippen LogP contribution >= 0.6 is 0 Å². The summed E-state index contributed by atoms with van der Waals surface area (Å²) in [5, 5.41) is 2.87. The molecule has 1 heterocycles. The normalized spacial score (nSPS) is 15.9. The fourth-order valence-electron chi connectivity index (χ4n) is 2.05. The molecule has 0 aromatic carbocycles. The molecule has 0 aliphatic heterocycles. The van der Waals surface area contributed by atoms with E-state index in [9.17, 15) is 4.79 Å². The number of aromatic nitrogens is 2. The molecule has 1 N–H and O–H groups in total. The van der Waals surface area contributed by atoms with E-state index in [1.807, 2.05) is 19.0 Å². The van der Waals surface area contributed by atoms with Crippen LogP contribution in [0.1, 0.15) is 25.7 Å². The molecule has 0 unspecified atom stereocenters. The number of carbonyl (C=O) groups excluding carboxylic acids is 1. The summed E-state index contributed by atoms with van der Waals surface area (Å²) in [4.78, 5) is 22.0. The van der Waals surface area contributed by atoms with E-state index in [1.54, 1.807) is 12.4 Å². The van der Waals surface area contributed by atoms with Crippen molar-refractivity contribution in [1.29, 1.82) is 0 Å². The number of amides is 1. The van der Waals surface area contributed by atoms with Crippen LogP contribution in [0.15, 0.2) is 12.4 Å². The molecular formula is C12H18N4O. The first kappa shape index (κ1) is 11.8. The van der Waals surface area contributed by atoms with Gasteiger partial charge in [-0.25, -0.2) is 9.97 Å². The largest absolute Gasteiger partial charge is 0.347 e. The van der Waals surface area contributed by atoms with Crippen LogP contribution in [0.25, 0.3) is 0 Å². The maximum atomic E-state index is 11.9. The number of hydrogen-bond donors (Lipinski definition) is 1. The molecule has 0 saturated heterocycles. The monoisotopic (exact) mass is 234 g/mol. The Morgan fingerprint density at radius 2 is 1.88 bits per heavy atom. The number of nitrogens with one attached hydrogen (secondary N) is 1. The standard InChI is InChI=1S/C12H18N4O/c1-16(2)12-13-7-10(8-14-12)15-11(17)9-5-3-4-6-9/h7-9H,3-6H2,1-2H3,(H,15,17). The summed E-state index contributed by atoms with van der Waals surface area (Å²) < 4.78 is 0. The van der Waals surface area contributed by atoms with E-state index in [1.165, 1.54) is 0 Å². The summed E-state index contributed by atoms with van der Waals surface area (Å²) in [6, 6.07) is 0. The van der Waals surface area contributed by atoms with E-state index in [2.05, 4.69) is 15.3 Å². The van der Waals surface area contributed by atoms with Gasteiger partial charge in [-0.2, -0.15) is 0 Å². The van der Waals surface area contributed by atoms with E-state index in [0.717, 1.165) is 25.7 Å². The van der Waals surface area contributed by atoms with Crippen molar-refractivity contribution in [2.24, 2.45) is 5.92 Å². The Labute approximate surface area is 101 Å². The van der Waals surface area contributed by atoms with E-state index in [0.29, 0.717) is 11.6 Å². The molecule has 1 aromatic rings. The fraction of sp³-hybridized carbons (Fsp3) is 0.583. The van der Waals surface area contributed by atoms with Gasteiger partial charge < -0.3 is 10.2 Å². The maximum absolute atomic E-state index is 11.9. The van der Waals surface area contributed by atoms with Crippen molar-refractivity contribution >= 4 is 17.5 Å². The second kappa shape index (κ2) is 5.12. The summed E-state index contributed by atoms with van der Waals surface area (Å²) in [7, 11) is 3.76. The van der Waals surface area contributed by atoms with Gasteiger partial charge in [0, 0.05) is 20.0 Å². The summed E-state index contributed by atoms with van der Waals surface area (Å²) in [6.07, 6.45) is 7.62. The minimum absolute atomic E-state index is 0.101. The second-order valence-electron chi connectivity index (χ2n) is 4.64. The van der Waals surface area contributed by atoms with Crippen molar-refractivity contribution in [1.82, 2.24) is 9.97 Å². The number of nitrogens with zero attached hydrogens (tertiary/aromatic N) is 3. The first-order valence-electron chi connectivity index (χ1n) is 5.97. The molecule has 2 rings (SSSR count). The highest BCUT2D eigenvalue weighted by atomic mass is 16.1. The molecule has 1 aliphatic rings. The fourth-order valence-corrected chi connectivity index (χ4v) is 2.05. The van der Waals surface area contributed by atoms with Gasteiger partial charge in [0.1, 0.15) is 0 Å². The number of hydrogen-bond acceptors (Lipinski definition) is 4. The minimum atomic E-state index is 0.101. The van der Waals surface area contributed by atoms with Crippen LogP contribution in [0.4, 0.5) is 11.6 Å². The maximum Gasteiger partial charge on any atom is 0.227 e. The molecule has 17 heavy (non-hydrogen) atoms. The Balaban J connectivity index is 1.96. The van der Waals surface area contributed by atoms with Crippen LogP contribution in [-0.4, -0.2) is 30.0 Å². The predicted octanol–water partition coefficient (Wildman–Crippen LogP) is 1.67. The number of carbonyl (C=O) groups is 1. The molecule has 1 aromatic heterocycles. The molecule has 0 spiro atoms. The van der Waals surface area contributed by atoms with Crippen molar-refractivity contribution in [3.63, 3.8) is 0 Å². The van der Waals surface area contributed by atoms with E-state index in [-0.39, 0.29) is 11.8 Å². The molecule has 0 bridgehead atoms. The van der Waals surface area contributed by atoms with Gasteiger partial charge in [0.25, 0.3) is 0 Å². The van der Waals surface area contributed by atoms with Crippen molar-refractivity contribution < 1.29 is 4.79 Å². The zero-order chi connectivity index (χ0) is 12.3. The van der Waals surface area contributed by atoms with Crippen LogP contribution in [0.5, 0.6) is 0 Å². The quantitative estimate of drug-likeness (QED) is 0.864. The molecule has 0 radical (unpaired) electrons. The Hall–Kier alpha value is -1.65. The lowest BCUT2D eigenvalue weighted by molar-refractivity contribution is -0.119. The Kier molecular flexibility index (Phi) is 3.56. The first-order chi connectivity index (χ1) is 8.16. The molecule has 92 valence electrons. The Bertz CT molecular complexity index is 382. The van der Waals surface area contributed by atoms with Gasteiger partial charge in [-0.05, 0) is 12.8 Å². The molecule has 1 fully saturated rings. The van der Waals surface area contributed by atoms with Crippen molar-refractivity contribution in [3.8, 4) is 0 Å². The Morgan fingerprint density at radius 3 is 2.41 bits per heavy atom. The summed E-state index contributed by atoms with van der Waals surface area (Å²) in [6.45, 7) is 0. The smallest absolute Gasteiger partial charge is 0.227 e. The van der Waals surface area contributed by atoms with Crippen LogP contribution in [0, 0.1) is 5.92 Å². The number of rotatable bonds is 3. The zero-order valence-electron chi connectivity index (χ0n) is 10.3. The van der Waals surface area contributed by atoms with Crippen molar-refractivity contribution in [3.05, 3.63) is 12.4 Å². The van der Waals surface area contributed by atoms with Crippen LogP contribution < -0.4 is 10.2 Å². The summed E-state index contributed by atoms with van der Waals surface area (Å²) in [5.74, 6) is 0.913. The van der Waals surface area contributed by atoms with Crippen molar-refractivity contribution in [2.45, 2.75) is 25.7 Å². The van der Waals surface area contributed by atoms with Gasteiger partial charge in [0.05, 0.1) is 18.1 Å². The zero-order valence-corrected chi connectivity index (χ0v) is 10.3. The highest BCUT2D eigenvalue weighted by molar-refractivity contribution is 5.92. The third-order valence-corrected chi connectivity index (χ3v) is 3.03. The molecule has 1 saturated carbocycles. The third-order valence-electron chi connectivity index (χ3n) is 3.03. The van der Waals surface area contributed by atoms with Crippen LogP contribution in [0.3, 0.4) is 0 Å². The molecule has 0 atom stereocenters. The van der Waals surface area contributed by atoms with Gasteiger partial charge in [0.15, 0.2) is 0 Å². The highest BCUT2D eigenvalue weighted by Crippen LogP contribution is 2.25. The average molecular weight is 234 g/mol. The van der Waals surface area contributed by atoms with Crippen molar-refractivity contribution in [2.75, 3.05) is 24.3 Å². The average Bonchev–Trinajstić information content (AvgIpc) is 2.83. The second-order valence-corrected chi connectivity index (χ2v) is 4.64. The molecular weight excluding hydrogens is 216 g/mol. The SMILES string of the molecule is CN(C)c1ncc(NC(=O)C2CCCC2)cn1. The molecule has 1 aliphatic carbocycles. The third kappa shape index (κ3) is 2.93. The van der Waals surface area contributed by atoms with Gasteiger partial charge in [-0.1, -0.05) is 12.8 Å². The van der Waals surface area contributed by atoms with Gasteiger partial charge in [-0.15, -0.1) is 0 Å². The van der Waals surface area contributed by atoms with E-state index in [4.69, 9.17) is 0 Å². The predicted molar refractivity (Wildman–Crippen MR) is 66.9 cm³/mol. The van der Waals surface area contributed by atoms with Gasteiger partial charge in [0.2, 0.25) is 11.9 Å². The molecule has 5 heteroatoms. The molecule has 5 nitrogen and oxygen atoms in total. The lowest BCUT2D eigenvalue weighted by Crippen LogP contribution is -2.21. The molecule has 1 amide bonds. The first-order valence-corrected chi connectivity index (χ1v) is 5.97. The topological polar surface area (TPSA) is 58.1 Å².